The number of benzene rings is 1. The van der Waals surface area contributed by atoms with E-state index < -0.39 is 6.10 Å². The molecule has 2 aromatic rings. The molecule has 0 saturated carbocycles. The number of rotatable bonds is 3. The minimum absolute atomic E-state index is 0.198. The van der Waals surface area contributed by atoms with Crippen LogP contribution in [0, 0.1) is 5.82 Å². The summed E-state index contributed by atoms with van der Waals surface area (Å²) in [5.41, 5.74) is 1.62. The molecule has 2 rings (SSSR count). The van der Waals surface area contributed by atoms with Crippen molar-refractivity contribution in [3.05, 3.63) is 35.8 Å². The standard InChI is InChI=1S/C13H16FNO/c1-3-15-11(7-9(2)16)8-10-5-4-6-12(14)13(10)15/h4-6,8-9,16H,3,7H2,1-2H3. The van der Waals surface area contributed by atoms with Gasteiger partial charge in [-0.1, -0.05) is 12.1 Å². The Kier molecular flexibility index (Phi) is 2.97. The second kappa shape index (κ2) is 4.26. The number of nitrogens with zero attached hydrogens (tertiary/aromatic N) is 1. The Morgan fingerprint density at radius 1 is 1.44 bits per heavy atom. The molecular weight excluding hydrogens is 205 g/mol. The average Bonchev–Trinajstić information content (AvgIpc) is 2.55. The van der Waals surface area contributed by atoms with E-state index in [1.54, 1.807) is 13.0 Å². The molecule has 3 heteroatoms. The number of halogens is 1. The van der Waals surface area contributed by atoms with E-state index >= 15 is 0 Å². The van der Waals surface area contributed by atoms with Gasteiger partial charge in [0.2, 0.25) is 0 Å². The number of aliphatic hydroxyl groups excluding tert-OH is 1. The van der Waals surface area contributed by atoms with Gasteiger partial charge in [0.15, 0.2) is 0 Å². The molecular formula is C13H16FNO. The van der Waals surface area contributed by atoms with Crippen LogP contribution in [0.1, 0.15) is 19.5 Å². The quantitative estimate of drug-likeness (QED) is 0.847. The molecule has 16 heavy (non-hydrogen) atoms. The summed E-state index contributed by atoms with van der Waals surface area (Å²) in [6.07, 6.45) is 0.153. The maximum Gasteiger partial charge on any atom is 0.147 e. The van der Waals surface area contributed by atoms with Crippen LogP contribution in [0.3, 0.4) is 0 Å². The first-order valence-electron chi connectivity index (χ1n) is 5.58. The number of aliphatic hydroxyl groups is 1. The van der Waals surface area contributed by atoms with Gasteiger partial charge in [0, 0.05) is 24.0 Å². The normalized spacial score (nSPS) is 13.2. The molecule has 0 aliphatic heterocycles. The summed E-state index contributed by atoms with van der Waals surface area (Å²) in [5.74, 6) is -0.198. The van der Waals surface area contributed by atoms with Gasteiger partial charge in [0.25, 0.3) is 0 Å². The van der Waals surface area contributed by atoms with Gasteiger partial charge >= 0.3 is 0 Å². The summed E-state index contributed by atoms with van der Waals surface area (Å²) in [6, 6.07) is 7.04. The van der Waals surface area contributed by atoms with Gasteiger partial charge in [-0.3, -0.25) is 0 Å². The topological polar surface area (TPSA) is 25.2 Å². The SMILES string of the molecule is CCn1c(CC(C)O)cc2cccc(F)c21. The monoisotopic (exact) mass is 221 g/mol. The van der Waals surface area contributed by atoms with Crippen LogP contribution in [-0.4, -0.2) is 15.8 Å². The van der Waals surface area contributed by atoms with Gasteiger partial charge in [0.05, 0.1) is 11.6 Å². The van der Waals surface area contributed by atoms with E-state index in [2.05, 4.69) is 0 Å². The number of aryl methyl sites for hydroxylation is 1. The third-order valence-electron chi connectivity index (χ3n) is 2.78. The van der Waals surface area contributed by atoms with E-state index in [9.17, 15) is 9.50 Å². The number of fused-ring (bicyclic) bond motifs is 1. The second-order valence-electron chi connectivity index (χ2n) is 4.11. The van der Waals surface area contributed by atoms with Crippen molar-refractivity contribution >= 4 is 10.9 Å². The van der Waals surface area contributed by atoms with Crippen molar-refractivity contribution in [2.45, 2.75) is 32.9 Å². The predicted octanol–water partition coefficient (Wildman–Crippen LogP) is 2.72. The molecule has 86 valence electrons. The highest BCUT2D eigenvalue weighted by atomic mass is 19.1. The molecule has 2 nitrogen and oxygen atoms in total. The van der Waals surface area contributed by atoms with Crippen molar-refractivity contribution in [1.82, 2.24) is 4.57 Å². The highest BCUT2D eigenvalue weighted by molar-refractivity contribution is 5.82. The predicted molar refractivity (Wildman–Crippen MR) is 63.0 cm³/mol. The lowest BCUT2D eigenvalue weighted by molar-refractivity contribution is 0.193. The Hall–Kier alpha value is -1.35. The fourth-order valence-electron chi connectivity index (χ4n) is 2.17. The largest absolute Gasteiger partial charge is 0.393 e. The summed E-state index contributed by atoms with van der Waals surface area (Å²) in [5, 5.41) is 10.3. The smallest absolute Gasteiger partial charge is 0.147 e. The highest BCUT2D eigenvalue weighted by Crippen LogP contribution is 2.23. The van der Waals surface area contributed by atoms with Crippen LogP contribution in [0.25, 0.3) is 10.9 Å². The van der Waals surface area contributed by atoms with Crippen molar-refractivity contribution in [2.75, 3.05) is 0 Å². The Morgan fingerprint density at radius 3 is 2.81 bits per heavy atom. The summed E-state index contributed by atoms with van der Waals surface area (Å²) in [7, 11) is 0. The molecule has 0 bridgehead atoms. The fourth-order valence-corrected chi connectivity index (χ4v) is 2.17. The Balaban J connectivity index is 2.62. The van der Waals surface area contributed by atoms with Crippen LogP contribution in [0.2, 0.25) is 0 Å². The Morgan fingerprint density at radius 2 is 2.19 bits per heavy atom. The number of hydrogen-bond acceptors (Lipinski definition) is 1. The molecule has 1 aromatic carbocycles. The molecule has 0 aliphatic carbocycles. The zero-order chi connectivity index (χ0) is 11.7. The van der Waals surface area contributed by atoms with Crippen molar-refractivity contribution in [3.63, 3.8) is 0 Å². The first-order chi connectivity index (χ1) is 7.63. The zero-order valence-electron chi connectivity index (χ0n) is 9.57. The molecule has 0 saturated heterocycles. The molecule has 1 heterocycles. The van der Waals surface area contributed by atoms with E-state index in [0.29, 0.717) is 18.5 Å². The molecule has 0 radical (unpaired) electrons. The molecule has 0 aliphatic rings. The fraction of sp³-hybridized carbons (Fsp3) is 0.385. The number of aromatic nitrogens is 1. The minimum atomic E-state index is -0.405. The van der Waals surface area contributed by atoms with E-state index in [4.69, 9.17) is 0 Å². The van der Waals surface area contributed by atoms with Crippen molar-refractivity contribution < 1.29 is 9.50 Å². The maximum atomic E-state index is 13.7. The summed E-state index contributed by atoms with van der Waals surface area (Å²) in [6.45, 7) is 4.44. The van der Waals surface area contributed by atoms with E-state index in [1.807, 2.05) is 23.6 Å². The third kappa shape index (κ3) is 1.83. The van der Waals surface area contributed by atoms with Crippen LogP contribution in [0.4, 0.5) is 4.39 Å². The second-order valence-corrected chi connectivity index (χ2v) is 4.11. The van der Waals surface area contributed by atoms with Crippen LogP contribution in [-0.2, 0) is 13.0 Å². The maximum absolute atomic E-state index is 13.7. The zero-order valence-corrected chi connectivity index (χ0v) is 9.57. The van der Waals surface area contributed by atoms with Gasteiger partial charge in [-0.25, -0.2) is 4.39 Å². The number of hydrogen-bond donors (Lipinski definition) is 1. The number of para-hydroxylation sites is 1. The lowest BCUT2D eigenvalue weighted by Crippen LogP contribution is -2.09. The first kappa shape index (κ1) is 11.1. The Bertz CT molecular complexity index is 502. The summed E-state index contributed by atoms with van der Waals surface area (Å²) < 4.78 is 15.6. The summed E-state index contributed by atoms with van der Waals surface area (Å²) >= 11 is 0. The first-order valence-corrected chi connectivity index (χ1v) is 5.58. The lowest BCUT2D eigenvalue weighted by Gasteiger charge is -2.09. The molecule has 1 unspecified atom stereocenters. The van der Waals surface area contributed by atoms with Crippen LogP contribution >= 0.6 is 0 Å². The molecule has 1 N–H and O–H groups in total. The third-order valence-corrected chi connectivity index (χ3v) is 2.78. The van der Waals surface area contributed by atoms with E-state index in [-0.39, 0.29) is 5.82 Å². The van der Waals surface area contributed by atoms with Crippen LogP contribution in [0.5, 0.6) is 0 Å². The molecule has 0 fully saturated rings. The van der Waals surface area contributed by atoms with Crippen molar-refractivity contribution in [3.8, 4) is 0 Å². The molecule has 1 aromatic heterocycles. The van der Waals surface area contributed by atoms with Gasteiger partial charge < -0.3 is 9.67 Å². The van der Waals surface area contributed by atoms with E-state index in [1.165, 1.54) is 6.07 Å². The lowest BCUT2D eigenvalue weighted by atomic mass is 10.2. The van der Waals surface area contributed by atoms with Gasteiger partial charge in [0.1, 0.15) is 5.82 Å². The van der Waals surface area contributed by atoms with Crippen molar-refractivity contribution in [1.29, 1.82) is 0 Å². The highest BCUT2D eigenvalue weighted by Gasteiger charge is 2.12. The minimum Gasteiger partial charge on any atom is -0.393 e. The van der Waals surface area contributed by atoms with E-state index in [0.717, 1.165) is 11.1 Å². The van der Waals surface area contributed by atoms with Crippen LogP contribution < -0.4 is 0 Å². The Labute approximate surface area is 94.3 Å². The van der Waals surface area contributed by atoms with Gasteiger partial charge in [-0.05, 0) is 26.0 Å². The molecule has 0 spiro atoms. The van der Waals surface area contributed by atoms with Crippen LogP contribution in [0.15, 0.2) is 24.3 Å². The average molecular weight is 221 g/mol. The summed E-state index contributed by atoms with van der Waals surface area (Å²) in [4.78, 5) is 0. The van der Waals surface area contributed by atoms with Crippen molar-refractivity contribution in [2.24, 2.45) is 0 Å². The molecule has 0 amide bonds. The molecule has 1 atom stereocenters. The van der Waals surface area contributed by atoms with Gasteiger partial charge in [-0.15, -0.1) is 0 Å². The van der Waals surface area contributed by atoms with Gasteiger partial charge in [-0.2, -0.15) is 0 Å².